The van der Waals surface area contributed by atoms with Crippen LogP contribution in [-0.4, -0.2) is 73.2 Å². The van der Waals surface area contributed by atoms with Crippen molar-refractivity contribution in [1.29, 1.82) is 0 Å². The van der Waals surface area contributed by atoms with Gasteiger partial charge in [0, 0.05) is 44.7 Å². The van der Waals surface area contributed by atoms with Crippen molar-refractivity contribution in [3.63, 3.8) is 0 Å². The molecule has 1 heterocycles. The summed E-state index contributed by atoms with van der Waals surface area (Å²) in [5.74, 6) is 1.54. The Morgan fingerprint density at radius 2 is 1.10 bits per heavy atom. The maximum absolute atomic E-state index is 9.30. The van der Waals surface area contributed by atoms with E-state index in [2.05, 4.69) is 24.5 Å². The second-order valence-corrected chi connectivity index (χ2v) is 9.55. The summed E-state index contributed by atoms with van der Waals surface area (Å²) < 4.78 is 4.73. The van der Waals surface area contributed by atoms with E-state index in [1.807, 2.05) is 30.3 Å². The summed E-state index contributed by atoms with van der Waals surface area (Å²) in [6, 6.07) is 23.2. The highest BCUT2D eigenvalue weighted by atomic mass is 35.5. The lowest BCUT2D eigenvalue weighted by atomic mass is 9.78. The van der Waals surface area contributed by atoms with Gasteiger partial charge in [-0.1, -0.05) is 56.3 Å². The molecule has 1 fully saturated rings. The lowest BCUT2D eigenvalue weighted by Gasteiger charge is -2.26. The zero-order chi connectivity index (χ0) is 28.9. The molecule has 9 heteroatoms. The van der Waals surface area contributed by atoms with E-state index in [1.54, 1.807) is 48.5 Å². The summed E-state index contributed by atoms with van der Waals surface area (Å²) in [6.07, 6.45) is 0.400. The number of phenols is 3. The number of rotatable bonds is 10. The van der Waals surface area contributed by atoms with Crippen LogP contribution in [-0.2, 0) is 10.2 Å². The van der Waals surface area contributed by atoms with Crippen molar-refractivity contribution >= 4 is 11.6 Å². The number of hydrogen-bond donors (Lipinski definition) is 7. The average Bonchev–Trinajstić information content (AvgIpc) is 3.78. The van der Waals surface area contributed by atoms with Crippen molar-refractivity contribution in [1.82, 2.24) is 10.6 Å². The maximum atomic E-state index is 9.30. The highest BCUT2D eigenvalue weighted by molar-refractivity contribution is 6.18. The van der Waals surface area contributed by atoms with Crippen LogP contribution in [0.25, 0.3) is 0 Å². The number of epoxide rings is 1. The van der Waals surface area contributed by atoms with Gasteiger partial charge in [0.05, 0.1) is 18.6 Å². The van der Waals surface area contributed by atoms with Crippen molar-refractivity contribution in [3.8, 4) is 17.2 Å². The van der Waals surface area contributed by atoms with Gasteiger partial charge < -0.3 is 42.2 Å². The minimum atomic E-state index is -0.151. The lowest BCUT2D eigenvalue weighted by molar-refractivity contribution is 0.425. The van der Waals surface area contributed by atoms with Gasteiger partial charge in [-0.2, -0.15) is 0 Å². The Hall–Kier alpha value is -2.85. The molecule has 1 saturated heterocycles. The largest absolute Gasteiger partial charge is 0.508 e. The Labute approximate surface area is 238 Å². The number of hydrogen-bond acceptors (Lipinski definition) is 8. The van der Waals surface area contributed by atoms with Crippen LogP contribution in [0.1, 0.15) is 25.0 Å². The SMILES string of the molecule is CC(C)(c1ccc(O)cc1)c1ccc(O)cc1.ClCC1CO1.NCCNCCNCCN.Oc1ccccc1. The molecule has 0 aromatic heterocycles. The van der Waals surface area contributed by atoms with Crippen molar-refractivity contribution in [2.24, 2.45) is 11.5 Å². The van der Waals surface area contributed by atoms with Gasteiger partial charge in [0.2, 0.25) is 0 Å². The van der Waals surface area contributed by atoms with E-state index in [0.29, 0.717) is 30.8 Å². The summed E-state index contributed by atoms with van der Waals surface area (Å²) in [5, 5.41) is 33.6. The summed E-state index contributed by atoms with van der Waals surface area (Å²) >= 11 is 5.27. The number of nitrogens with one attached hydrogen (secondary N) is 2. The molecule has 1 unspecified atom stereocenters. The second-order valence-electron chi connectivity index (χ2n) is 9.24. The first-order chi connectivity index (χ1) is 18.7. The monoisotopic (exact) mass is 560 g/mol. The quantitative estimate of drug-likeness (QED) is 0.113. The molecule has 9 N–H and O–H groups in total. The molecule has 0 amide bonds. The molecular formula is C30H45ClN4O4. The third kappa shape index (κ3) is 16.0. The molecule has 0 radical (unpaired) electrons. The number of halogens is 1. The van der Waals surface area contributed by atoms with Crippen molar-refractivity contribution in [2.75, 3.05) is 51.8 Å². The van der Waals surface area contributed by atoms with Gasteiger partial charge in [0.25, 0.3) is 0 Å². The third-order valence-electron chi connectivity index (χ3n) is 5.63. The van der Waals surface area contributed by atoms with Gasteiger partial charge in [-0.25, -0.2) is 0 Å². The first kappa shape index (κ1) is 34.2. The van der Waals surface area contributed by atoms with E-state index in [1.165, 1.54) is 0 Å². The number of phenolic OH excluding ortho intramolecular Hbond substituents is 3. The Morgan fingerprint density at radius 3 is 1.36 bits per heavy atom. The number of ether oxygens (including phenoxy) is 1. The Balaban J connectivity index is 0.000000291. The van der Waals surface area contributed by atoms with Crippen LogP contribution in [0.15, 0.2) is 78.9 Å². The van der Waals surface area contributed by atoms with Gasteiger partial charge in [-0.05, 0) is 47.5 Å². The van der Waals surface area contributed by atoms with Crippen LogP contribution < -0.4 is 22.1 Å². The van der Waals surface area contributed by atoms with E-state index < -0.39 is 0 Å². The number of nitrogens with two attached hydrogens (primary N) is 2. The summed E-state index contributed by atoms with van der Waals surface area (Å²) in [4.78, 5) is 0. The minimum Gasteiger partial charge on any atom is -0.508 e. The molecule has 1 aliphatic heterocycles. The van der Waals surface area contributed by atoms with Gasteiger partial charge >= 0.3 is 0 Å². The fraction of sp³-hybridized carbons (Fsp3) is 0.400. The van der Waals surface area contributed by atoms with Crippen LogP contribution >= 0.6 is 11.6 Å². The molecule has 0 aliphatic carbocycles. The van der Waals surface area contributed by atoms with Crippen LogP contribution in [0.3, 0.4) is 0 Å². The van der Waals surface area contributed by atoms with Gasteiger partial charge in [0.15, 0.2) is 0 Å². The van der Waals surface area contributed by atoms with Crippen molar-refractivity contribution < 1.29 is 20.1 Å². The van der Waals surface area contributed by atoms with Crippen LogP contribution in [0.4, 0.5) is 0 Å². The summed E-state index contributed by atoms with van der Waals surface area (Å²) in [7, 11) is 0. The molecule has 3 aromatic carbocycles. The van der Waals surface area contributed by atoms with Gasteiger partial charge in [-0.15, -0.1) is 11.6 Å². The van der Waals surface area contributed by atoms with Crippen molar-refractivity contribution in [2.45, 2.75) is 25.4 Å². The molecule has 4 rings (SSSR count). The average molecular weight is 561 g/mol. The Morgan fingerprint density at radius 1 is 0.718 bits per heavy atom. The minimum absolute atomic E-state index is 0.151. The highest BCUT2D eigenvalue weighted by Crippen LogP contribution is 2.32. The first-order valence-corrected chi connectivity index (χ1v) is 13.6. The highest BCUT2D eigenvalue weighted by Gasteiger charge is 2.22. The zero-order valence-corrected chi connectivity index (χ0v) is 23.8. The third-order valence-corrected chi connectivity index (χ3v) is 5.97. The number of benzene rings is 3. The number of alkyl halides is 1. The lowest BCUT2D eigenvalue weighted by Crippen LogP contribution is -2.32. The van der Waals surface area contributed by atoms with Crippen LogP contribution in [0.5, 0.6) is 17.2 Å². The second kappa shape index (κ2) is 20.1. The standard InChI is InChI=1S/C15H16O2.C6H18N4.C6H6O.C3H5ClO/c1-15(2,11-3-7-13(16)8-4-11)12-5-9-14(17)10-6-12;7-1-3-9-5-6-10-4-2-8;7-6-4-2-1-3-5-6;4-1-3-2-5-3/h3-10,16-17H,1-2H3;9-10H,1-8H2;1-5,7H;3H,1-2H2. The first-order valence-electron chi connectivity index (χ1n) is 13.1. The molecule has 3 aromatic rings. The fourth-order valence-corrected chi connectivity index (χ4v) is 3.32. The van der Waals surface area contributed by atoms with E-state index in [0.717, 1.165) is 43.9 Å². The molecular weight excluding hydrogens is 516 g/mol. The zero-order valence-electron chi connectivity index (χ0n) is 23.0. The topological polar surface area (TPSA) is 149 Å². The normalized spacial score (nSPS) is 13.5. The smallest absolute Gasteiger partial charge is 0.115 e. The Kier molecular flexibility index (Phi) is 17.6. The van der Waals surface area contributed by atoms with Gasteiger partial charge in [0.1, 0.15) is 17.2 Å². The van der Waals surface area contributed by atoms with E-state index in [-0.39, 0.29) is 16.9 Å². The van der Waals surface area contributed by atoms with Crippen LogP contribution in [0, 0.1) is 0 Å². The van der Waals surface area contributed by atoms with E-state index in [9.17, 15) is 10.2 Å². The maximum Gasteiger partial charge on any atom is 0.115 e. The van der Waals surface area contributed by atoms with E-state index in [4.69, 9.17) is 32.9 Å². The fourth-order valence-electron chi connectivity index (χ4n) is 3.14. The molecule has 1 atom stereocenters. The van der Waals surface area contributed by atoms with Crippen LogP contribution in [0.2, 0.25) is 0 Å². The van der Waals surface area contributed by atoms with Gasteiger partial charge in [-0.3, -0.25) is 0 Å². The number of aromatic hydroxyl groups is 3. The molecule has 0 saturated carbocycles. The predicted molar refractivity (Wildman–Crippen MR) is 161 cm³/mol. The molecule has 8 nitrogen and oxygen atoms in total. The Bertz CT molecular complexity index is 931. The molecule has 0 spiro atoms. The summed E-state index contributed by atoms with van der Waals surface area (Å²) in [5.41, 5.74) is 12.6. The molecule has 1 aliphatic rings. The predicted octanol–water partition coefficient (Wildman–Crippen LogP) is 3.52. The molecule has 39 heavy (non-hydrogen) atoms. The molecule has 0 bridgehead atoms. The van der Waals surface area contributed by atoms with Crippen molar-refractivity contribution in [3.05, 3.63) is 90.0 Å². The number of para-hydroxylation sites is 1. The van der Waals surface area contributed by atoms with E-state index >= 15 is 0 Å². The molecule has 216 valence electrons. The summed E-state index contributed by atoms with van der Waals surface area (Å²) in [6.45, 7) is 10.2.